The molecule has 1 heterocycles. The van der Waals surface area contributed by atoms with Gasteiger partial charge in [0, 0.05) is 29.1 Å². The zero-order chi connectivity index (χ0) is 15.1. The predicted molar refractivity (Wildman–Crippen MR) is 67.1 cm³/mol. The fourth-order valence-corrected chi connectivity index (χ4v) is 1.50. The number of nitrogens with zero attached hydrogens (tertiary/aromatic N) is 1. The molecule has 0 spiro atoms. The van der Waals surface area contributed by atoms with E-state index >= 15 is 0 Å². The quantitative estimate of drug-likeness (QED) is 0.859. The number of rotatable bonds is 4. The minimum Gasteiger partial charge on any atom is -0.497 e. The van der Waals surface area contributed by atoms with Crippen molar-refractivity contribution in [1.29, 1.82) is 0 Å². The molecule has 2 aromatic rings. The van der Waals surface area contributed by atoms with Gasteiger partial charge in [-0.2, -0.15) is 0 Å². The van der Waals surface area contributed by atoms with Crippen molar-refractivity contribution in [2.45, 2.75) is 6.37 Å². The van der Waals surface area contributed by atoms with E-state index in [4.69, 9.17) is 10.2 Å². The van der Waals surface area contributed by atoms with Gasteiger partial charge in [0.15, 0.2) is 0 Å². The van der Waals surface area contributed by atoms with E-state index < -0.39 is 12.9 Å². The van der Waals surface area contributed by atoms with E-state index in [9.17, 15) is 0 Å². The van der Waals surface area contributed by atoms with E-state index in [1.165, 1.54) is 25.2 Å². The van der Waals surface area contributed by atoms with Gasteiger partial charge < -0.3 is 14.6 Å². The lowest BCUT2D eigenvalue weighted by atomic mass is 10.1. The third-order valence-electron chi connectivity index (χ3n) is 2.30. The zero-order valence-corrected chi connectivity index (χ0v) is 9.66. The largest absolute Gasteiger partial charge is 0.497 e. The number of aromatic nitrogens is 1. The first-order valence-corrected chi connectivity index (χ1v) is 5.05. The first-order chi connectivity index (χ1) is 9.21. The number of nitrogens with one attached hydrogen (secondary N) is 1. The van der Waals surface area contributed by atoms with Gasteiger partial charge in [-0.3, -0.25) is 0 Å². The molecular formula is C13H18N2O. The van der Waals surface area contributed by atoms with Crippen LogP contribution in [0.4, 0.5) is 0 Å². The number of ether oxygens (including phenoxy) is 1. The van der Waals surface area contributed by atoms with E-state index in [-0.39, 0.29) is 5.56 Å². The number of hydrogen-bond acceptors (Lipinski definition) is 2. The van der Waals surface area contributed by atoms with Crippen LogP contribution < -0.4 is 4.74 Å². The van der Waals surface area contributed by atoms with Gasteiger partial charge in [-0.25, -0.2) is 0 Å². The van der Waals surface area contributed by atoms with Crippen molar-refractivity contribution >= 4 is 10.9 Å². The minimum atomic E-state index is -2.17. The molecule has 0 saturated carbocycles. The van der Waals surface area contributed by atoms with Crippen molar-refractivity contribution in [3.05, 3.63) is 30.0 Å². The number of hydrogen-bond donors (Lipinski definition) is 1. The highest BCUT2D eigenvalue weighted by Gasteiger charge is 2.05. The molecule has 3 heteroatoms. The molecule has 1 aromatic heterocycles. The molecule has 1 N–H and O–H groups in total. The molecule has 0 unspecified atom stereocenters. The molecule has 0 aliphatic heterocycles. The van der Waals surface area contributed by atoms with Gasteiger partial charge in [-0.05, 0) is 44.2 Å². The Morgan fingerprint density at radius 1 is 1.44 bits per heavy atom. The number of aromatic amines is 1. The number of benzene rings is 1. The summed E-state index contributed by atoms with van der Waals surface area (Å²) in [6.07, 6.45) is -0.646. The Kier molecular flexibility index (Phi) is 1.99. The van der Waals surface area contributed by atoms with Crippen LogP contribution in [0.1, 0.15) is 11.0 Å². The highest BCUT2D eigenvalue weighted by Crippen LogP contribution is 2.23. The van der Waals surface area contributed by atoms with Crippen molar-refractivity contribution in [2.24, 2.45) is 0 Å². The molecule has 0 radical (unpaired) electrons. The molecule has 1 aromatic carbocycles. The number of likely N-dealkylation sites (N-methyl/N-ethyl adjacent to an activating group) is 1. The fraction of sp³-hybridized carbons (Fsp3) is 0.385. The molecule has 16 heavy (non-hydrogen) atoms. The lowest BCUT2D eigenvalue weighted by Crippen LogP contribution is -2.14. The van der Waals surface area contributed by atoms with E-state index in [2.05, 4.69) is 4.98 Å². The molecule has 86 valence electrons. The second-order valence-corrected chi connectivity index (χ2v) is 3.75. The van der Waals surface area contributed by atoms with Gasteiger partial charge >= 0.3 is 0 Å². The Hall–Kier alpha value is -1.48. The number of fused-ring (bicyclic) bond motifs is 1. The molecule has 0 bridgehead atoms. The van der Waals surface area contributed by atoms with Crippen molar-refractivity contribution in [1.82, 2.24) is 9.88 Å². The van der Waals surface area contributed by atoms with Gasteiger partial charge in [-0.1, -0.05) is 0 Å². The van der Waals surface area contributed by atoms with Crippen LogP contribution in [0.5, 0.6) is 5.75 Å². The van der Waals surface area contributed by atoms with E-state index in [1.807, 2.05) is 0 Å². The summed E-state index contributed by atoms with van der Waals surface area (Å²) < 4.78 is 37.6. The van der Waals surface area contributed by atoms with Crippen LogP contribution >= 0.6 is 0 Å². The summed E-state index contributed by atoms with van der Waals surface area (Å²) in [5, 5.41) is 0.625. The molecule has 0 saturated heterocycles. The highest BCUT2D eigenvalue weighted by molar-refractivity contribution is 5.84. The summed E-state index contributed by atoms with van der Waals surface area (Å²) in [5.41, 5.74) is 1.03. The van der Waals surface area contributed by atoms with Crippen LogP contribution in [0.2, 0.25) is 0 Å². The molecule has 0 amide bonds. The summed E-state index contributed by atoms with van der Waals surface area (Å²) >= 11 is 0. The van der Waals surface area contributed by atoms with Crippen molar-refractivity contribution in [3.8, 4) is 5.75 Å². The van der Waals surface area contributed by atoms with Gasteiger partial charge in [-0.15, -0.1) is 0 Å². The third-order valence-corrected chi connectivity index (χ3v) is 2.30. The van der Waals surface area contributed by atoms with Crippen molar-refractivity contribution in [2.75, 3.05) is 27.7 Å². The first-order valence-electron chi connectivity index (χ1n) is 7.05. The van der Waals surface area contributed by atoms with E-state index in [0.29, 0.717) is 11.1 Å². The number of H-pyrrole nitrogens is 1. The lowest BCUT2D eigenvalue weighted by Gasteiger charge is -2.08. The maximum absolute atomic E-state index is 8.22. The lowest BCUT2D eigenvalue weighted by molar-refractivity contribution is 0.413. The Bertz CT molecular complexity index is 622. The Morgan fingerprint density at radius 3 is 2.94 bits per heavy atom. The third kappa shape index (κ3) is 2.19. The van der Waals surface area contributed by atoms with Crippen LogP contribution in [0.25, 0.3) is 10.9 Å². The SMILES string of the molecule is [2H]C([2H])(c1c[nH]c2ccc(OC)cc12)C([2H])([2H])N(C)C. The van der Waals surface area contributed by atoms with E-state index in [0.717, 1.165) is 5.52 Å². The molecule has 0 atom stereocenters. The van der Waals surface area contributed by atoms with E-state index in [1.54, 1.807) is 25.3 Å². The second-order valence-electron chi connectivity index (χ2n) is 3.75. The van der Waals surface area contributed by atoms with Crippen molar-refractivity contribution in [3.63, 3.8) is 0 Å². The zero-order valence-electron chi connectivity index (χ0n) is 13.7. The summed E-state index contributed by atoms with van der Waals surface area (Å²) in [5.74, 6) is 0.611. The molecule has 0 aliphatic rings. The summed E-state index contributed by atoms with van der Waals surface area (Å²) in [6.45, 7) is -2.13. The standard InChI is InChI=1S/C13H18N2O/c1-15(2)7-6-10-9-14-13-5-4-11(16-3)8-12(10)13/h4-5,8-9,14H,6-7H2,1-3H3/i6D2,7D2. The monoisotopic (exact) mass is 222 g/mol. The average molecular weight is 222 g/mol. The number of aryl methyl sites for hydroxylation is 1. The summed E-state index contributed by atoms with van der Waals surface area (Å²) in [4.78, 5) is 4.22. The van der Waals surface area contributed by atoms with Crippen LogP contribution in [0.3, 0.4) is 0 Å². The Labute approximate surface area is 102 Å². The molecule has 0 fully saturated rings. The van der Waals surface area contributed by atoms with Gasteiger partial charge in [0.05, 0.1) is 7.11 Å². The van der Waals surface area contributed by atoms with Gasteiger partial charge in [0.1, 0.15) is 5.75 Å². The molecule has 2 rings (SSSR count). The van der Waals surface area contributed by atoms with Crippen LogP contribution in [0.15, 0.2) is 24.4 Å². The van der Waals surface area contributed by atoms with Crippen LogP contribution in [0, 0.1) is 0 Å². The predicted octanol–water partition coefficient (Wildman–Crippen LogP) is 2.28. The van der Waals surface area contributed by atoms with Gasteiger partial charge in [0.2, 0.25) is 0 Å². The second kappa shape index (κ2) is 4.58. The van der Waals surface area contributed by atoms with Crippen molar-refractivity contribution < 1.29 is 10.2 Å². The minimum absolute atomic E-state index is 0.283. The Balaban J connectivity index is 2.62. The first kappa shape index (κ1) is 6.97. The smallest absolute Gasteiger partial charge is 0.119 e. The normalized spacial score (nSPS) is 16.8. The Morgan fingerprint density at radius 2 is 2.25 bits per heavy atom. The fourth-order valence-electron chi connectivity index (χ4n) is 1.50. The highest BCUT2D eigenvalue weighted by atomic mass is 16.5. The maximum atomic E-state index is 8.22. The number of methoxy groups -OCH3 is 1. The van der Waals surface area contributed by atoms with Crippen LogP contribution in [-0.4, -0.2) is 37.6 Å². The maximum Gasteiger partial charge on any atom is 0.119 e. The molecular weight excluding hydrogens is 200 g/mol. The van der Waals surface area contributed by atoms with Gasteiger partial charge in [0.25, 0.3) is 0 Å². The average Bonchev–Trinajstić information content (AvgIpc) is 2.81. The molecule has 3 nitrogen and oxygen atoms in total. The summed E-state index contributed by atoms with van der Waals surface area (Å²) in [6, 6.07) is 5.28. The summed E-state index contributed by atoms with van der Waals surface area (Å²) in [7, 11) is 4.59. The van der Waals surface area contributed by atoms with Crippen LogP contribution in [-0.2, 0) is 6.37 Å². The topological polar surface area (TPSA) is 28.3 Å². The molecule has 0 aliphatic carbocycles.